The summed E-state index contributed by atoms with van der Waals surface area (Å²) in [5.41, 5.74) is 6.73. The summed E-state index contributed by atoms with van der Waals surface area (Å²) in [7, 11) is 3.41. The van der Waals surface area contributed by atoms with Crippen LogP contribution in [0.1, 0.15) is 16.1 Å². The summed E-state index contributed by atoms with van der Waals surface area (Å²) < 4.78 is 0. The Bertz CT molecular complexity index is 334. The highest BCUT2D eigenvalue weighted by Crippen LogP contribution is 2.09. The lowest BCUT2D eigenvalue weighted by atomic mass is 10.2. The topological polar surface area (TPSA) is 59.2 Å². The Morgan fingerprint density at radius 3 is 2.54 bits per heavy atom. The van der Waals surface area contributed by atoms with Gasteiger partial charge in [-0.15, -0.1) is 0 Å². The molecule has 0 aliphatic rings. The molecule has 4 nitrogen and oxygen atoms in total. The van der Waals surface area contributed by atoms with Gasteiger partial charge < -0.3 is 10.6 Å². The minimum atomic E-state index is -0.0509. The number of aromatic nitrogens is 1. The van der Waals surface area contributed by atoms with Crippen molar-refractivity contribution < 1.29 is 4.79 Å². The Hall–Kier alpha value is -1.58. The molecule has 0 aliphatic carbocycles. The predicted octanol–water partition coefficient (Wildman–Crippen LogP) is 0.674. The summed E-state index contributed by atoms with van der Waals surface area (Å²) in [5, 5.41) is 0. The second-order valence-corrected chi connectivity index (χ2v) is 3.07. The smallest absolute Gasteiger partial charge is 0.255 e. The molecule has 0 atom stereocenters. The van der Waals surface area contributed by atoms with Crippen molar-refractivity contribution in [1.29, 1.82) is 0 Å². The van der Waals surface area contributed by atoms with Crippen LogP contribution in [0.5, 0.6) is 0 Å². The summed E-state index contributed by atoms with van der Waals surface area (Å²) in [4.78, 5) is 17.0. The van der Waals surface area contributed by atoms with Crippen molar-refractivity contribution in [1.82, 2.24) is 9.88 Å². The van der Waals surface area contributed by atoms with E-state index in [0.717, 1.165) is 0 Å². The molecule has 1 amide bonds. The zero-order valence-electron chi connectivity index (χ0n) is 8.03. The average molecular weight is 179 g/mol. The number of carbonyl (C=O) groups excluding carboxylic acids is 1. The maximum atomic E-state index is 11.5. The number of rotatable bonds is 1. The first-order valence-electron chi connectivity index (χ1n) is 3.97. The van der Waals surface area contributed by atoms with E-state index in [1.54, 1.807) is 33.2 Å². The van der Waals surface area contributed by atoms with Gasteiger partial charge in [-0.2, -0.15) is 0 Å². The monoisotopic (exact) mass is 179 g/mol. The van der Waals surface area contributed by atoms with E-state index in [1.807, 2.05) is 0 Å². The molecule has 0 bridgehead atoms. The number of hydrogen-bond acceptors (Lipinski definition) is 3. The third-order valence-corrected chi connectivity index (χ3v) is 1.74. The maximum Gasteiger partial charge on any atom is 0.255 e. The van der Waals surface area contributed by atoms with Gasteiger partial charge in [-0.25, -0.2) is 4.98 Å². The molecule has 13 heavy (non-hydrogen) atoms. The fourth-order valence-electron chi connectivity index (χ4n) is 1.05. The summed E-state index contributed by atoms with van der Waals surface area (Å²) in [5.74, 6) is 0.387. The third-order valence-electron chi connectivity index (χ3n) is 1.74. The molecule has 0 saturated heterocycles. The zero-order valence-corrected chi connectivity index (χ0v) is 8.03. The van der Waals surface area contributed by atoms with E-state index in [2.05, 4.69) is 4.98 Å². The molecule has 0 aromatic carbocycles. The van der Waals surface area contributed by atoms with Gasteiger partial charge in [-0.3, -0.25) is 4.79 Å². The van der Waals surface area contributed by atoms with E-state index >= 15 is 0 Å². The molecule has 1 heterocycles. The molecule has 0 fully saturated rings. The van der Waals surface area contributed by atoms with Crippen molar-refractivity contribution in [3.05, 3.63) is 23.4 Å². The molecule has 0 radical (unpaired) electrons. The minimum absolute atomic E-state index is 0.0509. The lowest BCUT2D eigenvalue weighted by Crippen LogP contribution is -2.23. The highest BCUT2D eigenvalue weighted by Gasteiger charge is 2.11. The lowest BCUT2D eigenvalue weighted by Gasteiger charge is -2.11. The van der Waals surface area contributed by atoms with E-state index < -0.39 is 0 Å². The summed E-state index contributed by atoms with van der Waals surface area (Å²) in [6.45, 7) is 1.77. The number of hydrogen-bond donors (Lipinski definition) is 1. The average Bonchev–Trinajstić information content (AvgIpc) is 2.03. The van der Waals surface area contributed by atoms with Crippen molar-refractivity contribution in [2.24, 2.45) is 0 Å². The molecule has 0 aliphatic heterocycles. The van der Waals surface area contributed by atoms with Crippen LogP contribution in [0.25, 0.3) is 0 Å². The molecule has 4 heteroatoms. The molecule has 1 rings (SSSR count). The fourth-order valence-corrected chi connectivity index (χ4v) is 1.05. The van der Waals surface area contributed by atoms with Crippen LogP contribution in [0.15, 0.2) is 12.1 Å². The van der Waals surface area contributed by atoms with Gasteiger partial charge in [0.2, 0.25) is 0 Å². The van der Waals surface area contributed by atoms with Crippen LogP contribution in [0.2, 0.25) is 0 Å². The van der Waals surface area contributed by atoms with E-state index in [0.29, 0.717) is 17.1 Å². The van der Waals surface area contributed by atoms with Gasteiger partial charge in [0, 0.05) is 14.1 Å². The van der Waals surface area contributed by atoms with Crippen LogP contribution in [0.3, 0.4) is 0 Å². The lowest BCUT2D eigenvalue weighted by molar-refractivity contribution is 0.0826. The van der Waals surface area contributed by atoms with Crippen molar-refractivity contribution in [3.63, 3.8) is 0 Å². The standard InChI is InChI=1S/C9H13N3O/c1-6-7(9(13)12(2)3)4-5-8(10)11-6/h4-5H,1-3H3,(H2,10,11). The van der Waals surface area contributed by atoms with Crippen LogP contribution in [0.4, 0.5) is 5.82 Å². The Balaban J connectivity index is 3.09. The predicted molar refractivity (Wildman–Crippen MR) is 51.4 cm³/mol. The quantitative estimate of drug-likeness (QED) is 0.689. The van der Waals surface area contributed by atoms with E-state index in [-0.39, 0.29) is 5.91 Å². The molecule has 0 saturated carbocycles. The fraction of sp³-hybridized carbons (Fsp3) is 0.333. The van der Waals surface area contributed by atoms with Gasteiger partial charge in [0.1, 0.15) is 5.82 Å². The van der Waals surface area contributed by atoms with Gasteiger partial charge in [-0.1, -0.05) is 0 Å². The number of carbonyl (C=O) groups is 1. The highest BCUT2D eigenvalue weighted by molar-refractivity contribution is 5.95. The maximum absolute atomic E-state index is 11.5. The minimum Gasteiger partial charge on any atom is -0.384 e. The summed E-state index contributed by atoms with van der Waals surface area (Å²) >= 11 is 0. The second kappa shape index (κ2) is 3.43. The van der Waals surface area contributed by atoms with Crippen molar-refractivity contribution in [2.45, 2.75) is 6.92 Å². The van der Waals surface area contributed by atoms with Crippen molar-refractivity contribution >= 4 is 11.7 Å². The zero-order chi connectivity index (χ0) is 10.0. The molecule has 0 spiro atoms. The number of aryl methyl sites for hydroxylation is 1. The number of nitrogen functional groups attached to an aromatic ring is 1. The van der Waals surface area contributed by atoms with Gasteiger partial charge in [-0.05, 0) is 19.1 Å². The van der Waals surface area contributed by atoms with Gasteiger partial charge in [0.25, 0.3) is 5.91 Å². The Kier molecular flexibility index (Phi) is 2.51. The van der Waals surface area contributed by atoms with Crippen LogP contribution in [-0.2, 0) is 0 Å². The summed E-state index contributed by atoms with van der Waals surface area (Å²) in [6.07, 6.45) is 0. The molecular weight excluding hydrogens is 166 g/mol. The number of nitrogens with two attached hydrogens (primary N) is 1. The van der Waals surface area contributed by atoms with Gasteiger partial charge in [0.05, 0.1) is 11.3 Å². The summed E-state index contributed by atoms with van der Waals surface area (Å²) in [6, 6.07) is 3.32. The van der Waals surface area contributed by atoms with E-state index in [9.17, 15) is 4.79 Å². The third kappa shape index (κ3) is 1.96. The van der Waals surface area contributed by atoms with Gasteiger partial charge >= 0.3 is 0 Å². The normalized spacial score (nSPS) is 9.77. The molecule has 70 valence electrons. The molecule has 0 unspecified atom stereocenters. The first-order chi connectivity index (χ1) is 6.02. The first kappa shape index (κ1) is 9.51. The number of amides is 1. The number of nitrogens with zero attached hydrogens (tertiary/aromatic N) is 2. The van der Waals surface area contributed by atoms with Gasteiger partial charge in [0.15, 0.2) is 0 Å². The largest absolute Gasteiger partial charge is 0.384 e. The Labute approximate surface area is 77.4 Å². The van der Waals surface area contributed by atoms with Crippen LogP contribution >= 0.6 is 0 Å². The Morgan fingerprint density at radius 1 is 1.46 bits per heavy atom. The van der Waals surface area contributed by atoms with Crippen LogP contribution in [-0.4, -0.2) is 29.9 Å². The second-order valence-electron chi connectivity index (χ2n) is 3.07. The van der Waals surface area contributed by atoms with Crippen LogP contribution in [0, 0.1) is 6.92 Å². The molecular formula is C9H13N3O. The highest BCUT2D eigenvalue weighted by atomic mass is 16.2. The van der Waals surface area contributed by atoms with Crippen molar-refractivity contribution in [3.8, 4) is 0 Å². The molecule has 2 N–H and O–H groups in total. The van der Waals surface area contributed by atoms with Crippen LogP contribution < -0.4 is 5.73 Å². The molecule has 1 aromatic rings. The van der Waals surface area contributed by atoms with E-state index in [4.69, 9.17) is 5.73 Å². The first-order valence-corrected chi connectivity index (χ1v) is 3.97. The van der Waals surface area contributed by atoms with Crippen molar-refractivity contribution in [2.75, 3.05) is 19.8 Å². The van der Waals surface area contributed by atoms with E-state index in [1.165, 1.54) is 4.90 Å². The number of anilines is 1. The number of pyridine rings is 1. The SMILES string of the molecule is Cc1nc(N)ccc1C(=O)N(C)C. The molecule has 1 aromatic heterocycles. The Morgan fingerprint density at radius 2 is 2.08 bits per heavy atom.